The molecular weight excluding hydrogens is 779 g/mol. The molecule has 0 saturated carbocycles. The van der Waals surface area contributed by atoms with Crippen LogP contribution in [-0.4, -0.2) is 47.4 Å². The Kier molecular flexibility index (Phi) is 51.6. The second-order valence-electron chi connectivity index (χ2n) is 19.3. The van der Waals surface area contributed by atoms with Crippen LogP contribution >= 0.6 is 0 Å². The molecule has 6 heteroatoms. The summed E-state index contributed by atoms with van der Waals surface area (Å²) in [5.74, 6) is -0.0599. The lowest BCUT2D eigenvalue weighted by atomic mass is 10.0. The summed E-state index contributed by atoms with van der Waals surface area (Å²) in [5, 5.41) is 23.3. The minimum absolute atomic E-state index is 0.0153. The number of amides is 1. The van der Waals surface area contributed by atoms with Crippen molar-refractivity contribution in [3.63, 3.8) is 0 Å². The number of aliphatic hydroxyl groups is 2. The van der Waals surface area contributed by atoms with E-state index in [0.29, 0.717) is 25.9 Å². The number of aliphatic hydroxyl groups excluding tert-OH is 2. The molecule has 0 fully saturated rings. The molecule has 63 heavy (non-hydrogen) atoms. The van der Waals surface area contributed by atoms with Crippen molar-refractivity contribution in [3.8, 4) is 0 Å². The number of ether oxygens (including phenoxy) is 1. The number of allylic oxidation sites excluding steroid dienone is 4. The minimum atomic E-state index is -0.672. The van der Waals surface area contributed by atoms with Gasteiger partial charge in [-0.25, -0.2) is 0 Å². The van der Waals surface area contributed by atoms with Crippen LogP contribution in [0.3, 0.4) is 0 Å². The molecule has 2 atom stereocenters. The standard InChI is InChI=1S/C57H109NO5/c1-3-5-7-9-11-13-15-17-19-21-25-29-33-37-41-45-49-55(60)54(53-59)58-56(61)50-46-42-38-34-30-26-23-24-28-32-36-40-44-48-52-63-57(62)51-47-43-39-35-31-27-22-20-18-16-14-12-10-8-6-4-2/h14,16,20,22,54-55,59-60H,3-13,15,17-19,21,23-53H2,1-2H3,(H,58,61)/b16-14-,22-20-. The number of hydrogen-bond donors (Lipinski definition) is 3. The van der Waals surface area contributed by atoms with E-state index in [1.165, 1.54) is 212 Å². The number of carbonyl (C=O) groups excluding carboxylic acids is 2. The Bertz CT molecular complexity index is 982. The Morgan fingerprint density at radius 3 is 1.22 bits per heavy atom. The second kappa shape index (κ2) is 53.0. The molecule has 0 aromatic heterocycles. The fourth-order valence-electron chi connectivity index (χ4n) is 8.67. The van der Waals surface area contributed by atoms with Crippen molar-refractivity contribution in [1.82, 2.24) is 5.32 Å². The van der Waals surface area contributed by atoms with Gasteiger partial charge >= 0.3 is 5.97 Å². The lowest BCUT2D eigenvalue weighted by Gasteiger charge is -2.22. The number of carbonyl (C=O) groups is 2. The van der Waals surface area contributed by atoms with Crippen molar-refractivity contribution in [2.45, 2.75) is 315 Å². The molecule has 372 valence electrons. The van der Waals surface area contributed by atoms with E-state index >= 15 is 0 Å². The van der Waals surface area contributed by atoms with Crippen LogP contribution in [0.4, 0.5) is 0 Å². The van der Waals surface area contributed by atoms with Gasteiger partial charge in [0.2, 0.25) is 5.91 Å². The van der Waals surface area contributed by atoms with Crippen molar-refractivity contribution in [2.75, 3.05) is 13.2 Å². The van der Waals surface area contributed by atoms with Crippen LogP contribution in [0.5, 0.6) is 0 Å². The molecule has 0 aliphatic heterocycles. The molecule has 0 aromatic carbocycles. The summed E-state index contributed by atoms with van der Waals surface area (Å²) in [6, 6.07) is -0.550. The van der Waals surface area contributed by atoms with Gasteiger partial charge in [-0.15, -0.1) is 0 Å². The number of nitrogens with one attached hydrogen (secondary N) is 1. The Balaban J connectivity index is 3.45. The first kappa shape index (κ1) is 61.3. The fourth-order valence-corrected chi connectivity index (χ4v) is 8.67. The predicted octanol–water partition coefficient (Wildman–Crippen LogP) is 17.1. The maximum absolute atomic E-state index is 12.5. The van der Waals surface area contributed by atoms with Gasteiger partial charge in [-0.2, -0.15) is 0 Å². The molecule has 1 amide bonds. The topological polar surface area (TPSA) is 95.9 Å². The monoisotopic (exact) mass is 888 g/mol. The van der Waals surface area contributed by atoms with Gasteiger partial charge in [0.15, 0.2) is 0 Å². The number of unbranched alkanes of at least 4 members (excludes halogenated alkanes) is 37. The highest BCUT2D eigenvalue weighted by Crippen LogP contribution is 2.17. The summed E-state index contributed by atoms with van der Waals surface area (Å²) >= 11 is 0. The minimum Gasteiger partial charge on any atom is -0.466 e. The third kappa shape index (κ3) is 49.6. The van der Waals surface area contributed by atoms with Crippen molar-refractivity contribution in [3.05, 3.63) is 24.3 Å². The maximum atomic E-state index is 12.5. The van der Waals surface area contributed by atoms with Crippen LogP contribution in [0.2, 0.25) is 0 Å². The molecular formula is C57H109NO5. The molecule has 3 N–H and O–H groups in total. The quantitative estimate of drug-likeness (QED) is 0.0321. The molecule has 2 unspecified atom stereocenters. The molecule has 0 spiro atoms. The van der Waals surface area contributed by atoms with Gasteiger partial charge in [-0.1, -0.05) is 256 Å². The zero-order chi connectivity index (χ0) is 45.8. The average molecular weight is 889 g/mol. The summed E-state index contributed by atoms with van der Waals surface area (Å²) in [7, 11) is 0. The second-order valence-corrected chi connectivity index (χ2v) is 19.3. The van der Waals surface area contributed by atoms with Crippen molar-refractivity contribution < 1.29 is 24.5 Å². The van der Waals surface area contributed by atoms with Gasteiger partial charge in [0.05, 0.1) is 25.4 Å². The molecule has 0 bridgehead atoms. The highest BCUT2D eigenvalue weighted by atomic mass is 16.5. The van der Waals surface area contributed by atoms with E-state index in [0.717, 1.165) is 57.8 Å². The van der Waals surface area contributed by atoms with E-state index in [1.54, 1.807) is 0 Å². The van der Waals surface area contributed by atoms with Crippen LogP contribution < -0.4 is 5.32 Å². The SMILES string of the molecule is CCCCCC/C=C\C/C=C\CCCCCCCC(=O)OCCCCCCCCCCCCCCCCC(=O)NC(CO)C(O)CCCCCCCCCCCCCCCCCC. The smallest absolute Gasteiger partial charge is 0.305 e. The van der Waals surface area contributed by atoms with E-state index in [2.05, 4.69) is 43.5 Å². The lowest BCUT2D eigenvalue weighted by Crippen LogP contribution is -2.45. The summed E-state index contributed by atoms with van der Waals surface area (Å²) in [5.41, 5.74) is 0. The van der Waals surface area contributed by atoms with E-state index < -0.39 is 12.1 Å². The zero-order valence-electron chi connectivity index (χ0n) is 42.3. The van der Waals surface area contributed by atoms with Crippen molar-refractivity contribution in [2.24, 2.45) is 0 Å². The van der Waals surface area contributed by atoms with Gasteiger partial charge in [0.1, 0.15) is 0 Å². The molecule has 0 heterocycles. The highest BCUT2D eigenvalue weighted by Gasteiger charge is 2.20. The summed E-state index contributed by atoms with van der Waals surface area (Å²) in [6.45, 7) is 4.92. The van der Waals surface area contributed by atoms with Gasteiger partial charge < -0.3 is 20.3 Å². The normalized spacial score (nSPS) is 12.8. The van der Waals surface area contributed by atoms with E-state index in [-0.39, 0.29) is 18.5 Å². The first-order chi connectivity index (χ1) is 31.0. The number of rotatable bonds is 52. The number of hydrogen-bond acceptors (Lipinski definition) is 5. The first-order valence-corrected chi connectivity index (χ1v) is 28.1. The largest absolute Gasteiger partial charge is 0.466 e. The van der Waals surface area contributed by atoms with Crippen molar-refractivity contribution >= 4 is 11.9 Å². The van der Waals surface area contributed by atoms with Gasteiger partial charge in [-0.3, -0.25) is 9.59 Å². The third-order valence-corrected chi connectivity index (χ3v) is 13.0. The van der Waals surface area contributed by atoms with E-state index in [9.17, 15) is 19.8 Å². The molecule has 0 aliphatic rings. The third-order valence-electron chi connectivity index (χ3n) is 13.0. The Morgan fingerprint density at radius 1 is 0.444 bits per heavy atom. The van der Waals surface area contributed by atoms with Gasteiger partial charge in [0.25, 0.3) is 0 Å². The summed E-state index contributed by atoms with van der Waals surface area (Å²) < 4.78 is 5.47. The molecule has 0 saturated heterocycles. The molecule has 0 radical (unpaired) electrons. The molecule has 0 aliphatic carbocycles. The van der Waals surface area contributed by atoms with Crippen LogP contribution in [-0.2, 0) is 14.3 Å². The number of esters is 1. The predicted molar refractivity (Wildman–Crippen MR) is 273 cm³/mol. The van der Waals surface area contributed by atoms with E-state index in [1.807, 2.05) is 0 Å². The van der Waals surface area contributed by atoms with Crippen LogP contribution in [0.15, 0.2) is 24.3 Å². The Labute approximate surface area is 392 Å². The van der Waals surface area contributed by atoms with Crippen LogP contribution in [0.1, 0.15) is 303 Å². The van der Waals surface area contributed by atoms with Gasteiger partial charge in [-0.05, 0) is 57.8 Å². The molecule has 0 aromatic rings. The Hall–Kier alpha value is -1.66. The molecule has 0 rings (SSSR count). The van der Waals surface area contributed by atoms with Crippen LogP contribution in [0.25, 0.3) is 0 Å². The average Bonchev–Trinajstić information content (AvgIpc) is 3.28. The van der Waals surface area contributed by atoms with Crippen molar-refractivity contribution in [1.29, 1.82) is 0 Å². The maximum Gasteiger partial charge on any atom is 0.305 e. The molecule has 6 nitrogen and oxygen atoms in total. The van der Waals surface area contributed by atoms with Crippen LogP contribution in [0, 0.1) is 0 Å². The highest BCUT2D eigenvalue weighted by molar-refractivity contribution is 5.76. The summed E-state index contributed by atoms with van der Waals surface area (Å²) in [6.07, 6.45) is 62.9. The van der Waals surface area contributed by atoms with Gasteiger partial charge in [0, 0.05) is 12.8 Å². The zero-order valence-corrected chi connectivity index (χ0v) is 42.3. The Morgan fingerprint density at radius 2 is 0.794 bits per heavy atom. The summed E-state index contributed by atoms with van der Waals surface area (Å²) in [4.78, 5) is 24.5. The lowest BCUT2D eigenvalue weighted by molar-refractivity contribution is -0.143. The fraction of sp³-hybridized carbons (Fsp3) is 0.895. The first-order valence-electron chi connectivity index (χ1n) is 28.1. The van der Waals surface area contributed by atoms with E-state index in [4.69, 9.17) is 4.74 Å².